The number of hydrogen-bond donors (Lipinski definition) is 2. The van der Waals surface area contributed by atoms with Crippen LogP contribution < -0.4 is 11.1 Å². The molecule has 1 amide bonds. The lowest BCUT2D eigenvalue weighted by atomic mass is 10.1. The van der Waals surface area contributed by atoms with Crippen LogP contribution in [0.15, 0.2) is 30.3 Å². The molecule has 1 aromatic heterocycles. The van der Waals surface area contributed by atoms with Gasteiger partial charge in [-0.3, -0.25) is 4.79 Å². The molecule has 110 valence electrons. The Labute approximate surface area is 124 Å². The highest BCUT2D eigenvalue weighted by Crippen LogP contribution is 2.20. The molecule has 2 rings (SSSR count). The van der Waals surface area contributed by atoms with E-state index in [1.165, 1.54) is 18.2 Å². The molecule has 0 fully saturated rings. The Bertz CT molecular complexity index is 649. The third-order valence-corrected chi connectivity index (χ3v) is 2.91. The summed E-state index contributed by atoms with van der Waals surface area (Å²) in [6, 6.07) is 7.09. The molecule has 0 spiro atoms. The van der Waals surface area contributed by atoms with E-state index >= 15 is 0 Å². The minimum absolute atomic E-state index is 0.0515. The molecule has 0 aliphatic heterocycles. The number of anilines is 1. The van der Waals surface area contributed by atoms with Crippen LogP contribution in [0.25, 0.3) is 0 Å². The van der Waals surface area contributed by atoms with E-state index in [0.717, 1.165) is 5.56 Å². The summed E-state index contributed by atoms with van der Waals surface area (Å²) in [5, 5.41) is 10.3. The lowest BCUT2D eigenvalue weighted by molar-refractivity contribution is 0.100. The molecule has 21 heavy (non-hydrogen) atoms. The number of rotatable bonds is 5. The summed E-state index contributed by atoms with van der Waals surface area (Å²) in [5.41, 5.74) is 6.02. The van der Waals surface area contributed by atoms with E-state index in [-0.39, 0.29) is 28.6 Å². The van der Waals surface area contributed by atoms with Crippen LogP contribution in [0.2, 0.25) is 5.15 Å². The van der Waals surface area contributed by atoms with E-state index in [4.69, 9.17) is 17.3 Å². The second-order valence-electron chi connectivity index (χ2n) is 4.19. The van der Waals surface area contributed by atoms with Gasteiger partial charge in [-0.15, -0.1) is 10.2 Å². The first-order valence-corrected chi connectivity index (χ1v) is 6.29. The fourth-order valence-corrected chi connectivity index (χ4v) is 1.80. The number of carbonyl (C=O) groups is 1. The Hall–Kier alpha value is -2.28. The van der Waals surface area contributed by atoms with Gasteiger partial charge < -0.3 is 11.1 Å². The number of alkyl halides is 2. The summed E-state index contributed by atoms with van der Waals surface area (Å²) in [7, 11) is 0. The van der Waals surface area contributed by atoms with E-state index in [1.807, 2.05) is 0 Å². The van der Waals surface area contributed by atoms with Gasteiger partial charge in [-0.1, -0.05) is 35.9 Å². The Balaban J connectivity index is 2.11. The third-order valence-electron chi connectivity index (χ3n) is 2.72. The lowest BCUT2D eigenvalue weighted by Crippen LogP contribution is -2.16. The Morgan fingerprint density at radius 2 is 1.95 bits per heavy atom. The number of hydrogen-bond acceptors (Lipinski definition) is 4. The van der Waals surface area contributed by atoms with Crippen LogP contribution in [-0.2, 0) is 6.54 Å². The van der Waals surface area contributed by atoms with Crippen LogP contribution in [0.1, 0.15) is 27.9 Å². The average Bonchev–Trinajstić information content (AvgIpc) is 2.46. The van der Waals surface area contributed by atoms with Crippen molar-refractivity contribution in [1.82, 2.24) is 10.2 Å². The van der Waals surface area contributed by atoms with Gasteiger partial charge in [0.1, 0.15) is 0 Å². The van der Waals surface area contributed by atoms with Crippen molar-refractivity contribution in [1.29, 1.82) is 0 Å². The number of amides is 1. The number of aromatic nitrogens is 2. The SMILES string of the molecule is NC(=O)c1cc(Cl)nnc1NCc1ccc(C(F)F)cc1. The van der Waals surface area contributed by atoms with Crippen molar-refractivity contribution in [3.63, 3.8) is 0 Å². The summed E-state index contributed by atoms with van der Waals surface area (Å²) >= 11 is 5.64. The minimum Gasteiger partial charge on any atom is -0.365 e. The average molecular weight is 313 g/mol. The molecule has 0 aliphatic carbocycles. The minimum atomic E-state index is -2.50. The molecule has 8 heteroatoms. The molecular formula is C13H11ClF2N4O. The predicted octanol–water partition coefficient (Wildman–Crippen LogP) is 2.78. The Kier molecular flexibility index (Phi) is 4.64. The number of nitrogens with two attached hydrogens (primary N) is 1. The van der Waals surface area contributed by atoms with Gasteiger partial charge in [0, 0.05) is 12.1 Å². The molecule has 0 atom stereocenters. The molecule has 1 aromatic carbocycles. The zero-order valence-corrected chi connectivity index (χ0v) is 11.4. The van der Waals surface area contributed by atoms with Crippen molar-refractivity contribution in [3.8, 4) is 0 Å². The number of nitrogens with one attached hydrogen (secondary N) is 1. The lowest BCUT2D eigenvalue weighted by Gasteiger charge is -2.09. The molecule has 0 saturated carbocycles. The predicted molar refractivity (Wildman–Crippen MR) is 74.3 cm³/mol. The highest BCUT2D eigenvalue weighted by atomic mass is 35.5. The monoisotopic (exact) mass is 312 g/mol. The van der Waals surface area contributed by atoms with Crippen LogP contribution in [-0.4, -0.2) is 16.1 Å². The van der Waals surface area contributed by atoms with Crippen molar-refractivity contribution < 1.29 is 13.6 Å². The molecule has 0 saturated heterocycles. The van der Waals surface area contributed by atoms with Crippen LogP contribution in [0.4, 0.5) is 14.6 Å². The smallest absolute Gasteiger partial charge is 0.263 e. The summed E-state index contributed by atoms with van der Waals surface area (Å²) in [4.78, 5) is 11.3. The number of carbonyl (C=O) groups excluding carboxylic acids is 1. The standard InChI is InChI=1S/C13H11ClF2N4O/c14-10-5-9(12(17)21)13(20-19-10)18-6-7-1-3-8(4-2-7)11(15)16/h1-5,11H,6H2,(H2,17,21)(H,18,20). The molecule has 3 N–H and O–H groups in total. The van der Waals surface area contributed by atoms with Crippen LogP contribution in [0.3, 0.4) is 0 Å². The van der Waals surface area contributed by atoms with Crippen LogP contribution in [0.5, 0.6) is 0 Å². The van der Waals surface area contributed by atoms with E-state index in [0.29, 0.717) is 0 Å². The van der Waals surface area contributed by atoms with Crippen molar-refractivity contribution in [2.75, 3.05) is 5.32 Å². The molecule has 0 unspecified atom stereocenters. The number of benzene rings is 1. The zero-order chi connectivity index (χ0) is 15.4. The Morgan fingerprint density at radius 3 is 2.52 bits per heavy atom. The maximum Gasteiger partial charge on any atom is 0.263 e. The van der Waals surface area contributed by atoms with Gasteiger partial charge >= 0.3 is 0 Å². The fraction of sp³-hybridized carbons (Fsp3) is 0.154. The number of halogens is 3. The van der Waals surface area contributed by atoms with Crippen molar-refractivity contribution in [3.05, 3.63) is 52.2 Å². The fourth-order valence-electron chi connectivity index (χ4n) is 1.65. The molecule has 0 aliphatic rings. The van der Waals surface area contributed by atoms with Crippen molar-refractivity contribution in [2.45, 2.75) is 13.0 Å². The third kappa shape index (κ3) is 3.85. The van der Waals surface area contributed by atoms with E-state index in [2.05, 4.69) is 15.5 Å². The van der Waals surface area contributed by atoms with E-state index < -0.39 is 12.3 Å². The van der Waals surface area contributed by atoms with Gasteiger partial charge in [0.25, 0.3) is 12.3 Å². The van der Waals surface area contributed by atoms with Crippen molar-refractivity contribution >= 4 is 23.3 Å². The van der Waals surface area contributed by atoms with Crippen molar-refractivity contribution in [2.24, 2.45) is 5.73 Å². The zero-order valence-electron chi connectivity index (χ0n) is 10.7. The maximum absolute atomic E-state index is 12.4. The first-order chi connectivity index (χ1) is 9.97. The van der Waals surface area contributed by atoms with E-state index in [1.54, 1.807) is 12.1 Å². The molecule has 1 heterocycles. The summed E-state index contributed by atoms with van der Waals surface area (Å²) in [6.07, 6.45) is -2.50. The first-order valence-electron chi connectivity index (χ1n) is 5.91. The van der Waals surface area contributed by atoms with Gasteiger partial charge in [0.15, 0.2) is 11.0 Å². The quantitative estimate of drug-likeness (QED) is 0.889. The molecule has 0 bridgehead atoms. The largest absolute Gasteiger partial charge is 0.365 e. The summed E-state index contributed by atoms with van der Waals surface area (Å²) < 4.78 is 24.9. The number of nitrogens with zero attached hydrogens (tertiary/aromatic N) is 2. The summed E-state index contributed by atoms with van der Waals surface area (Å²) in [6.45, 7) is 0.278. The summed E-state index contributed by atoms with van der Waals surface area (Å²) in [5.74, 6) is -0.507. The van der Waals surface area contributed by atoms with Gasteiger partial charge in [0.05, 0.1) is 5.56 Å². The highest BCUT2D eigenvalue weighted by Gasteiger charge is 2.12. The Morgan fingerprint density at radius 1 is 1.29 bits per heavy atom. The van der Waals surface area contributed by atoms with Crippen LogP contribution in [0, 0.1) is 0 Å². The van der Waals surface area contributed by atoms with E-state index in [9.17, 15) is 13.6 Å². The normalized spacial score (nSPS) is 10.7. The topological polar surface area (TPSA) is 80.9 Å². The molecule has 0 radical (unpaired) electrons. The van der Waals surface area contributed by atoms with Crippen LogP contribution >= 0.6 is 11.6 Å². The first kappa shape index (κ1) is 15.1. The highest BCUT2D eigenvalue weighted by molar-refractivity contribution is 6.29. The number of primary amides is 1. The van der Waals surface area contributed by atoms with Gasteiger partial charge in [-0.2, -0.15) is 0 Å². The maximum atomic E-state index is 12.4. The van der Waals surface area contributed by atoms with Gasteiger partial charge in [0.2, 0.25) is 0 Å². The molecule has 5 nitrogen and oxygen atoms in total. The second kappa shape index (κ2) is 6.45. The molecular weight excluding hydrogens is 302 g/mol. The van der Waals surface area contributed by atoms with Gasteiger partial charge in [-0.05, 0) is 11.6 Å². The molecule has 2 aromatic rings. The second-order valence-corrected chi connectivity index (χ2v) is 4.58. The van der Waals surface area contributed by atoms with Gasteiger partial charge in [-0.25, -0.2) is 8.78 Å².